The van der Waals surface area contributed by atoms with Crippen LogP contribution in [0.3, 0.4) is 0 Å². The maximum atomic E-state index is 11.2. The summed E-state index contributed by atoms with van der Waals surface area (Å²) < 4.78 is 9.23. The fraction of sp³-hybridized carbons (Fsp3) is 0.242. The third-order valence-electron chi connectivity index (χ3n) is 5.72. The number of carbonyl (C=O) groups excluding carboxylic acids is 3. The van der Waals surface area contributed by atoms with Crippen molar-refractivity contribution >= 4 is 17.7 Å². The maximum Gasteiger partial charge on any atom is 0.337 e. The molecule has 0 amide bonds. The molecule has 0 spiro atoms. The quantitative estimate of drug-likeness (QED) is 0.341. The smallest absolute Gasteiger partial charge is 0.337 e. The van der Waals surface area contributed by atoms with Crippen LogP contribution in [0.2, 0.25) is 0 Å². The van der Waals surface area contributed by atoms with Crippen molar-refractivity contribution in [2.45, 2.75) is 25.7 Å². The Balaban J connectivity index is 0.000000211. The molecule has 0 saturated heterocycles. The Morgan fingerprint density at radius 3 is 1.42 bits per heavy atom. The first-order valence-corrected chi connectivity index (χ1v) is 12.0. The van der Waals surface area contributed by atoms with Gasteiger partial charge in [-0.1, -0.05) is 35.8 Å². The Morgan fingerprint density at radius 2 is 1.08 bits per heavy atom. The number of ether oxygens (including phenoxy) is 2. The molecule has 2 aliphatic rings. The SMILES string of the molecule is C=C1CC(C#CC#Cc2ccc(C(=O)OC)cc2)C1.COC(=O)c1ccc(C#CC#CC2CC(=O)C2)cc1. The van der Waals surface area contributed by atoms with Crippen molar-refractivity contribution in [2.24, 2.45) is 11.8 Å². The summed E-state index contributed by atoms with van der Waals surface area (Å²) in [7, 11) is 2.71. The molecule has 2 aliphatic carbocycles. The second kappa shape index (κ2) is 13.9. The van der Waals surface area contributed by atoms with E-state index in [0.29, 0.717) is 29.9 Å². The lowest BCUT2D eigenvalue weighted by Crippen LogP contribution is -2.21. The maximum absolute atomic E-state index is 11.2. The molecule has 5 nitrogen and oxygen atoms in total. The van der Waals surface area contributed by atoms with Crippen LogP contribution in [0.4, 0.5) is 0 Å². The van der Waals surface area contributed by atoms with Crippen LogP contribution >= 0.6 is 0 Å². The molecule has 188 valence electrons. The highest BCUT2D eigenvalue weighted by Crippen LogP contribution is 2.30. The van der Waals surface area contributed by atoms with E-state index in [-0.39, 0.29) is 23.6 Å². The molecule has 38 heavy (non-hydrogen) atoms. The molecular formula is C33H26O5. The first kappa shape index (κ1) is 27.6. The summed E-state index contributed by atoms with van der Waals surface area (Å²) >= 11 is 0. The first-order chi connectivity index (χ1) is 18.4. The second-order valence-electron chi connectivity index (χ2n) is 8.68. The summed E-state index contributed by atoms with van der Waals surface area (Å²) in [6.07, 6.45) is 3.12. The summed E-state index contributed by atoms with van der Waals surface area (Å²) in [5.41, 5.74) is 3.90. The van der Waals surface area contributed by atoms with E-state index in [9.17, 15) is 14.4 Å². The van der Waals surface area contributed by atoms with E-state index in [1.807, 2.05) is 0 Å². The van der Waals surface area contributed by atoms with E-state index in [4.69, 9.17) is 0 Å². The number of hydrogen-bond acceptors (Lipinski definition) is 5. The van der Waals surface area contributed by atoms with Gasteiger partial charge >= 0.3 is 11.9 Å². The minimum absolute atomic E-state index is 0.184. The topological polar surface area (TPSA) is 69.7 Å². The molecular weight excluding hydrogens is 476 g/mol. The normalized spacial score (nSPS) is 13.4. The molecule has 2 saturated carbocycles. The van der Waals surface area contributed by atoms with Crippen molar-refractivity contribution in [3.8, 4) is 47.4 Å². The van der Waals surface area contributed by atoms with Gasteiger partial charge in [-0.3, -0.25) is 4.79 Å². The van der Waals surface area contributed by atoms with E-state index in [0.717, 1.165) is 24.0 Å². The molecule has 0 bridgehead atoms. The van der Waals surface area contributed by atoms with Crippen molar-refractivity contribution < 1.29 is 23.9 Å². The monoisotopic (exact) mass is 502 g/mol. The molecule has 5 heteroatoms. The largest absolute Gasteiger partial charge is 0.465 e. The van der Waals surface area contributed by atoms with Gasteiger partial charge in [0.25, 0.3) is 0 Å². The Bertz CT molecular complexity index is 1330. The van der Waals surface area contributed by atoms with Crippen molar-refractivity contribution in [2.75, 3.05) is 14.2 Å². The van der Waals surface area contributed by atoms with Gasteiger partial charge < -0.3 is 9.47 Å². The second-order valence-corrected chi connectivity index (χ2v) is 8.68. The van der Waals surface area contributed by atoms with Crippen LogP contribution < -0.4 is 0 Å². The summed E-state index contributed by atoms with van der Waals surface area (Å²) in [5, 5.41) is 0. The van der Waals surface area contributed by atoms with Gasteiger partial charge in [0.1, 0.15) is 5.78 Å². The van der Waals surface area contributed by atoms with Crippen LogP contribution in [0.5, 0.6) is 0 Å². The molecule has 4 rings (SSSR count). The Morgan fingerprint density at radius 1 is 0.684 bits per heavy atom. The third kappa shape index (κ3) is 8.60. The molecule has 0 radical (unpaired) electrons. The van der Waals surface area contributed by atoms with E-state index in [2.05, 4.69) is 63.4 Å². The van der Waals surface area contributed by atoms with Gasteiger partial charge in [-0.15, -0.1) is 0 Å². The van der Waals surface area contributed by atoms with Crippen molar-refractivity contribution in [1.82, 2.24) is 0 Å². The van der Waals surface area contributed by atoms with Crippen molar-refractivity contribution in [1.29, 1.82) is 0 Å². The lowest BCUT2D eigenvalue weighted by molar-refractivity contribution is -0.125. The van der Waals surface area contributed by atoms with Crippen LogP contribution in [0, 0.1) is 59.2 Å². The number of esters is 2. The lowest BCUT2D eigenvalue weighted by atomic mass is 9.82. The zero-order valence-electron chi connectivity index (χ0n) is 21.4. The number of allylic oxidation sites excluding steroid dienone is 1. The number of ketones is 1. The van der Waals surface area contributed by atoms with Crippen LogP contribution in [0.15, 0.2) is 60.7 Å². The molecule has 0 atom stereocenters. The molecule has 0 unspecified atom stereocenters. The molecule has 2 aromatic rings. The summed E-state index contributed by atoms with van der Waals surface area (Å²) in [5.74, 6) is 23.2. The number of methoxy groups -OCH3 is 2. The highest BCUT2D eigenvalue weighted by Gasteiger charge is 2.24. The fourth-order valence-corrected chi connectivity index (χ4v) is 3.43. The molecule has 0 heterocycles. The van der Waals surface area contributed by atoms with Gasteiger partial charge in [-0.2, -0.15) is 0 Å². The molecule has 2 fully saturated rings. The first-order valence-electron chi connectivity index (χ1n) is 12.0. The number of hydrogen-bond donors (Lipinski definition) is 0. The number of Topliss-reactive ketones (excluding diaryl/α,β-unsaturated/α-hetero) is 1. The van der Waals surface area contributed by atoms with Gasteiger partial charge in [0, 0.05) is 35.8 Å². The molecule has 2 aromatic carbocycles. The van der Waals surface area contributed by atoms with Gasteiger partial charge in [-0.05, 0) is 85.1 Å². The average Bonchev–Trinajstić information content (AvgIpc) is 2.91. The van der Waals surface area contributed by atoms with Gasteiger partial charge in [0.05, 0.1) is 25.3 Å². The van der Waals surface area contributed by atoms with Crippen molar-refractivity contribution in [3.63, 3.8) is 0 Å². The predicted molar refractivity (Wildman–Crippen MR) is 144 cm³/mol. The summed E-state index contributed by atoms with van der Waals surface area (Å²) in [6.45, 7) is 3.87. The fourth-order valence-electron chi connectivity index (χ4n) is 3.43. The summed E-state index contributed by atoms with van der Waals surface area (Å²) in [6, 6.07) is 13.8. The van der Waals surface area contributed by atoms with E-state index < -0.39 is 0 Å². The number of rotatable bonds is 2. The molecule has 0 aromatic heterocycles. The van der Waals surface area contributed by atoms with Gasteiger partial charge in [0.15, 0.2) is 0 Å². The zero-order valence-corrected chi connectivity index (χ0v) is 21.4. The van der Waals surface area contributed by atoms with Crippen LogP contribution in [0.1, 0.15) is 57.5 Å². The predicted octanol–water partition coefficient (Wildman–Crippen LogP) is 4.60. The summed E-state index contributed by atoms with van der Waals surface area (Å²) in [4.78, 5) is 33.2. The van der Waals surface area contributed by atoms with Crippen LogP contribution in [0.25, 0.3) is 0 Å². The molecule has 0 aliphatic heterocycles. The standard InChI is InChI=1S/C17H14O2.C16H12O3/c1-13-11-15(12-13)6-4-3-5-14-7-9-16(10-8-14)17(18)19-2;1-19-16(18)14-8-6-12(7-9-14)4-2-3-5-13-10-15(17)11-13/h7-10,15H,1,11-12H2,2H3;6-9,13H,10-11H2,1H3. The minimum Gasteiger partial charge on any atom is -0.465 e. The van der Waals surface area contributed by atoms with Gasteiger partial charge in [-0.25, -0.2) is 9.59 Å². The minimum atomic E-state index is -0.367. The van der Waals surface area contributed by atoms with E-state index in [1.165, 1.54) is 19.8 Å². The number of benzene rings is 2. The van der Waals surface area contributed by atoms with E-state index >= 15 is 0 Å². The zero-order chi connectivity index (χ0) is 27.3. The van der Waals surface area contributed by atoms with Crippen molar-refractivity contribution in [3.05, 3.63) is 82.9 Å². The van der Waals surface area contributed by atoms with Crippen LogP contribution in [-0.4, -0.2) is 31.9 Å². The molecule has 0 N–H and O–H groups in total. The highest BCUT2D eigenvalue weighted by atomic mass is 16.5. The van der Waals surface area contributed by atoms with Gasteiger partial charge in [0.2, 0.25) is 0 Å². The Hall–Kier alpha value is -4.97. The Kier molecular flexibility index (Phi) is 10.1. The third-order valence-corrected chi connectivity index (χ3v) is 5.72. The van der Waals surface area contributed by atoms with E-state index in [1.54, 1.807) is 48.5 Å². The number of carbonyl (C=O) groups is 3. The Labute approximate surface area is 223 Å². The highest BCUT2D eigenvalue weighted by molar-refractivity contribution is 5.90. The average molecular weight is 503 g/mol. The van der Waals surface area contributed by atoms with Crippen LogP contribution in [-0.2, 0) is 14.3 Å². The lowest BCUT2D eigenvalue weighted by Gasteiger charge is -2.22.